The predicted molar refractivity (Wildman–Crippen MR) is 85.8 cm³/mol. The van der Waals surface area contributed by atoms with Crippen molar-refractivity contribution in [2.24, 2.45) is 5.92 Å². The summed E-state index contributed by atoms with van der Waals surface area (Å²) in [6, 6.07) is 1.48. The Morgan fingerprint density at radius 3 is 2.52 bits per heavy atom. The number of aromatic nitrogens is 1. The van der Waals surface area contributed by atoms with Crippen molar-refractivity contribution in [3.8, 4) is 0 Å². The van der Waals surface area contributed by atoms with Crippen molar-refractivity contribution < 1.29 is 9.53 Å². The van der Waals surface area contributed by atoms with Crippen molar-refractivity contribution in [1.82, 2.24) is 10.3 Å². The van der Waals surface area contributed by atoms with Crippen LogP contribution in [-0.2, 0) is 10.6 Å². The van der Waals surface area contributed by atoms with Crippen LogP contribution in [0.4, 0.5) is 4.79 Å². The van der Waals surface area contributed by atoms with Gasteiger partial charge in [0, 0.05) is 12.1 Å². The van der Waals surface area contributed by atoms with Crippen LogP contribution in [0.1, 0.15) is 51.9 Å². The van der Waals surface area contributed by atoms with Gasteiger partial charge >= 0.3 is 6.09 Å². The van der Waals surface area contributed by atoms with Crippen molar-refractivity contribution in [3.05, 3.63) is 28.5 Å². The first-order valence-electron chi connectivity index (χ1n) is 6.84. The summed E-state index contributed by atoms with van der Waals surface area (Å²) in [5, 5.41) is 3.38. The van der Waals surface area contributed by atoms with Crippen LogP contribution in [0.25, 0.3) is 0 Å². The number of rotatable bonds is 4. The summed E-state index contributed by atoms with van der Waals surface area (Å²) in [6.45, 7) is 9.46. The van der Waals surface area contributed by atoms with Crippen LogP contribution in [0.3, 0.4) is 0 Å². The van der Waals surface area contributed by atoms with Gasteiger partial charge in [0.25, 0.3) is 0 Å². The Labute approximate surface area is 136 Å². The van der Waals surface area contributed by atoms with Gasteiger partial charge in [-0.05, 0) is 38.3 Å². The zero-order valence-electron chi connectivity index (χ0n) is 13.0. The number of amides is 1. The van der Waals surface area contributed by atoms with E-state index in [1.54, 1.807) is 12.3 Å². The Hall–Kier alpha value is -1.000. The smallest absolute Gasteiger partial charge is 0.408 e. The van der Waals surface area contributed by atoms with Crippen molar-refractivity contribution in [1.29, 1.82) is 0 Å². The average Bonchev–Trinajstić information content (AvgIpc) is 2.33. The highest BCUT2D eigenvalue weighted by Gasteiger charge is 2.25. The largest absolute Gasteiger partial charge is 0.444 e. The number of hydrogen-bond donors (Lipinski definition) is 1. The lowest BCUT2D eigenvalue weighted by molar-refractivity contribution is 0.0488. The van der Waals surface area contributed by atoms with E-state index in [1.165, 1.54) is 0 Å². The van der Waals surface area contributed by atoms with E-state index in [0.29, 0.717) is 5.02 Å². The van der Waals surface area contributed by atoms with Crippen LogP contribution in [-0.4, -0.2) is 16.7 Å². The molecule has 4 nitrogen and oxygen atoms in total. The van der Waals surface area contributed by atoms with Crippen LogP contribution in [0.2, 0.25) is 5.02 Å². The predicted octanol–water partition coefficient (Wildman–Crippen LogP) is 4.70. The third-order valence-electron chi connectivity index (χ3n) is 2.75. The molecular formula is C15H22Cl2N2O2. The van der Waals surface area contributed by atoms with Crippen LogP contribution in [0.15, 0.2) is 12.3 Å². The Morgan fingerprint density at radius 1 is 1.43 bits per heavy atom. The molecule has 1 aromatic rings. The maximum atomic E-state index is 12.0. The van der Waals surface area contributed by atoms with Crippen LogP contribution in [0, 0.1) is 5.92 Å². The summed E-state index contributed by atoms with van der Waals surface area (Å²) in [6.07, 6.45) is 1.08. The molecule has 0 aliphatic rings. The molecule has 0 bridgehead atoms. The Balaban J connectivity index is 3.00. The minimum absolute atomic E-state index is 0.133. The maximum absolute atomic E-state index is 12.0. The van der Waals surface area contributed by atoms with E-state index >= 15 is 0 Å². The van der Waals surface area contributed by atoms with E-state index in [0.717, 1.165) is 11.3 Å². The Bertz CT molecular complexity index is 499. The molecule has 21 heavy (non-hydrogen) atoms. The third-order valence-corrected chi connectivity index (χ3v) is 3.24. The number of hydrogen-bond acceptors (Lipinski definition) is 3. The number of alkyl halides is 1. The van der Waals surface area contributed by atoms with E-state index in [4.69, 9.17) is 27.9 Å². The van der Waals surface area contributed by atoms with Gasteiger partial charge in [-0.2, -0.15) is 0 Å². The SMILES string of the molecule is CC(C)[C@@H](NC(=O)OC(C)(C)C)c1ncc(Cl)cc1CCl. The first-order chi connectivity index (χ1) is 9.64. The number of ether oxygens (including phenoxy) is 1. The minimum Gasteiger partial charge on any atom is -0.444 e. The van der Waals surface area contributed by atoms with E-state index in [2.05, 4.69) is 10.3 Å². The van der Waals surface area contributed by atoms with E-state index in [9.17, 15) is 4.79 Å². The van der Waals surface area contributed by atoms with Gasteiger partial charge in [-0.3, -0.25) is 4.98 Å². The van der Waals surface area contributed by atoms with Gasteiger partial charge < -0.3 is 10.1 Å². The summed E-state index contributed by atoms with van der Waals surface area (Å²) in [4.78, 5) is 16.3. The average molecular weight is 333 g/mol. The first kappa shape index (κ1) is 18.1. The topological polar surface area (TPSA) is 51.2 Å². The van der Waals surface area contributed by atoms with Gasteiger partial charge in [0.1, 0.15) is 5.60 Å². The molecule has 1 heterocycles. The second-order valence-electron chi connectivity index (χ2n) is 6.20. The fraction of sp³-hybridized carbons (Fsp3) is 0.600. The number of alkyl carbamates (subject to hydrolysis) is 1. The number of pyridine rings is 1. The number of nitrogens with one attached hydrogen (secondary N) is 1. The summed E-state index contributed by atoms with van der Waals surface area (Å²) >= 11 is 11.9. The molecule has 0 fully saturated rings. The van der Waals surface area contributed by atoms with E-state index in [1.807, 2.05) is 34.6 Å². The molecule has 1 rings (SSSR count). The Morgan fingerprint density at radius 2 is 2.05 bits per heavy atom. The molecule has 0 aliphatic carbocycles. The molecule has 1 atom stereocenters. The molecule has 0 saturated carbocycles. The molecule has 1 amide bonds. The van der Waals surface area contributed by atoms with Crippen LogP contribution < -0.4 is 5.32 Å². The molecule has 118 valence electrons. The second-order valence-corrected chi connectivity index (χ2v) is 6.90. The molecule has 0 spiro atoms. The third kappa shape index (κ3) is 5.71. The molecule has 0 aromatic carbocycles. The first-order valence-corrected chi connectivity index (χ1v) is 7.75. The van der Waals surface area contributed by atoms with E-state index in [-0.39, 0.29) is 17.8 Å². The number of halogens is 2. The molecule has 0 aliphatic heterocycles. The molecule has 1 aromatic heterocycles. The van der Waals surface area contributed by atoms with Gasteiger partial charge in [0.05, 0.1) is 16.8 Å². The van der Waals surface area contributed by atoms with Gasteiger partial charge in [-0.25, -0.2) is 4.79 Å². The summed E-state index contributed by atoms with van der Waals surface area (Å²) < 4.78 is 5.30. The van der Waals surface area contributed by atoms with Gasteiger partial charge in [0.15, 0.2) is 0 Å². The summed E-state index contributed by atoms with van der Waals surface area (Å²) in [5.41, 5.74) is 0.975. The number of carbonyl (C=O) groups is 1. The van der Waals surface area contributed by atoms with Crippen LogP contribution in [0.5, 0.6) is 0 Å². The lowest BCUT2D eigenvalue weighted by Gasteiger charge is -2.26. The zero-order chi connectivity index (χ0) is 16.2. The van der Waals surface area contributed by atoms with Crippen molar-refractivity contribution in [2.45, 2.75) is 52.1 Å². The molecule has 0 saturated heterocycles. The number of carbonyl (C=O) groups excluding carboxylic acids is 1. The summed E-state index contributed by atoms with van der Waals surface area (Å²) in [7, 11) is 0. The molecular weight excluding hydrogens is 311 g/mol. The zero-order valence-corrected chi connectivity index (χ0v) is 14.5. The highest BCUT2D eigenvalue weighted by Crippen LogP contribution is 2.26. The fourth-order valence-electron chi connectivity index (χ4n) is 1.86. The van der Waals surface area contributed by atoms with Crippen molar-refractivity contribution >= 4 is 29.3 Å². The lowest BCUT2D eigenvalue weighted by atomic mass is 9.97. The maximum Gasteiger partial charge on any atom is 0.408 e. The molecule has 0 unspecified atom stereocenters. The monoisotopic (exact) mass is 332 g/mol. The Kier molecular flexibility index (Phi) is 6.29. The number of nitrogens with zero attached hydrogens (tertiary/aromatic N) is 1. The lowest BCUT2D eigenvalue weighted by Crippen LogP contribution is -2.37. The highest BCUT2D eigenvalue weighted by atomic mass is 35.5. The van der Waals surface area contributed by atoms with Crippen molar-refractivity contribution in [3.63, 3.8) is 0 Å². The van der Waals surface area contributed by atoms with Gasteiger partial charge in [-0.1, -0.05) is 25.4 Å². The summed E-state index contributed by atoms with van der Waals surface area (Å²) in [5.74, 6) is 0.412. The minimum atomic E-state index is -0.547. The van der Waals surface area contributed by atoms with Crippen molar-refractivity contribution in [2.75, 3.05) is 0 Å². The fourth-order valence-corrected chi connectivity index (χ4v) is 2.26. The van der Waals surface area contributed by atoms with Gasteiger partial charge in [-0.15, -0.1) is 11.6 Å². The van der Waals surface area contributed by atoms with E-state index < -0.39 is 11.7 Å². The highest BCUT2D eigenvalue weighted by molar-refractivity contribution is 6.30. The van der Waals surface area contributed by atoms with Crippen LogP contribution >= 0.6 is 23.2 Å². The normalized spacial score (nSPS) is 13.1. The van der Waals surface area contributed by atoms with Gasteiger partial charge in [0.2, 0.25) is 0 Å². The molecule has 1 N–H and O–H groups in total. The second kappa shape index (κ2) is 7.32. The molecule has 6 heteroatoms. The standard InChI is InChI=1S/C15H22Cl2N2O2/c1-9(2)12(19-14(20)21-15(3,4)5)13-10(7-16)6-11(17)8-18-13/h6,8-9,12H,7H2,1-5H3,(H,19,20)/t12-/m1/s1. The quantitative estimate of drug-likeness (QED) is 0.813. The molecule has 0 radical (unpaired) electrons.